The van der Waals surface area contributed by atoms with Crippen molar-refractivity contribution < 1.29 is 22.6 Å². The average Bonchev–Trinajstić information content (AvgIpc) is 3.40. The van der Waals surface area contributed by atoms with E-state index >= 15 is 0 Å². The smallest absolute Gasteiger partial charge is 0.231 e. The van der Waals surface area contributed by atoms with Gasteiger partial charge in [-0.15, -0.1) is 5.10 Å². The fraction of sp³-hybridized carbons (Fsp3) is 0.500. The second-order valence-electron chi connectivity index (χ2n) is 6.20. The van der Waals surface area contributed by atoms with Crippen LogP contribution in [-0.2, 0) is 16.6 Å². The molecule has 2 aromatic rings. The topological polar surface area (TPSA) is 95.8 Å². The number of nitrogens with zero attached hydrogens (tertiary/aromatic N) is 4. The minimum Gasteiger partial charge on any atom is -0.493 e. The first-order valence-corrected chi connectivity index (χ1v) is 10.0. The van der Waals surface area contributed by atoms with Crippen LogP contribution in [0.25, 0.3) is 11.3 Å². The van der Waals surface area contributed by atoms with Crippen molar-refractivity contribution in [2.45, 2.75) is 19.4 Å². The molecule has 2 aliphatic heterocycles. The lowest BCUT2D eigenvalue weighted by Crippen LogP contribution is -2.31. The highest BCUT2D eigenvalue weighted by Gasteiger charge is 2.25. The van der Waals surface area contributed by atoms with Crippen molar-refractivity contribution in [3.63, 3.8) is 0 Å². The van der Waals surface area contributed by atoms with Gasteiger partial charge in [0.05, 0.1) is 25.6 Å². The monoisotopic (exact) mass is 380 g/mol. The predicted molar refractivity (Wildman–Crippen MR) is 92.7 cm³/mol. The number of rotatable bonds is 6. The molecule has 2 aliphatic rings. The van der Waals surface area contributed by atoms with E-state index in [9.17, 15) is 8.42 Å². The van der Waals surface area contributed by atoms with E-state index in [1.54, 1.807) is 34.4 Å². The molecule has 0 amide bonds. The van der Waals surface area contributed by atoms with Crippen molar-refractivity contribution in [3.8, 4) is 28.5 Å². The summed E-state index contributed by atoms with van der Waals surface area (Å²) in [5, 5.41) is 8.18. The van der Waals surface area contributed by atoms with Crippen LogP contribution in [0.5, 0.6) is 17.2 Å². The molecule has 10 heteroatoms. The molecule has 0 aliphatic carbocycles. The SMILES string of the molecule is COc1cc(-c2cn(CCS(=O)(=O)N3CCCC3)nn2)cc2c1OCO2. The fourth-order valence-corrected chi connectivity index (χ4v) is 4.61. The van der Waals surface area contributed by atoms with Gasteiger partial charge in [-0.05, 0) is 25.0 Å². The lowest BCUT2D eigenvalue weighted by Gasteiger charge is -2.14. The highest BCUT2D eigenvalue weighted by molar-refractivity contribution is 7.89. The Balaban J connectivity index is 1.50. The van der Waals surface area contributed by atoms with Crippen LogP contribution in [0.4, 0.5) is 0 Å². The Bertz CT molecular complexity index is 905. The van der Waals surface area contributed by atoms with E-state index in [-0.39, 0.29) is 19.1 Å². The third-order valence-corrected chi connectivity index (χ3v) is 6.38. The molecule has 0 bridgehead atoms. The van der Waals surface area contributed by atoms with Gasteiger partial charge >= 0.3 is 0 Å². The maximum Gasteiger partial charge on any atom is 0.231 e. The van der Waals surface area contributed by atoms with Crippen molar-refractivity contribution in [1.82, 2.24) is 19.3 Å². The Morgan fingerprint density at radius 3 is 2.81 bits per heavy atom. The van der Waals surface area contributed by atoms with Gasteiger partial charge in [0.15, 0.2) is 11.5 Å². The zero-order valence-corrected chi connectivity index (χ0v) is 15.2. The molecule has 0 atom stereocenters. The number of aromatic nitrogens is 3. The molecular formula is C16H20N4O5S. The van der Waals surface area contributed by atoms with Gasteiger partial charge in [0.1, 0.15) is 5.69 Å². The lowest BCUT2D eigenvalue weighted by atomic mass is 10.1. The van der Waals surface area contributed by atoms with E-state index in [1.807, 2.05) is 0 Å². The Morgan fingerprint density at radius 2 is 2.04 bits per heavy atom. The second kappa shape index (κ2) is 6.76. The Labute approximate surface area is 151 Å². The van der Waals surface area contributed by atoms with Gasteiger partial charge in [-0.1, -0.05) is 5.21 Å². The van der Waals surface area contributed by atoms with Crippen molar-refractivity contribution in [1.29, 1.82) is 0 Å². The quantitative estimate of drug-likeness (QED) is 0.741. The van der Waals surface area contributed by atoms with Crippen LogP contribution in [0.2, 0.25) is 0 Å². The van der Waals surface area contributed by atoms with Gasteiger partial charge in [-0.2, -0.15) is 0 Å². The molecule has 0 N–H and O–H groups in total. The summed E-state index contributed by atoms with van der Waals surface area (Å²) in [6, 6.07) is 3.60. The molecule has 1 fully saturated rings. The number of ether oxygens (including phenoxy) is 3. The maximum absolute atomic E-state index is 12.3. The van der Waals surface area contributed by atoms with Crippen molar-refractivity contribution in [3.05, 3.63) is 18.3 Å². The molecule has 140 valence electrons. The lowest BCUT2D eigenvalue weighted by molar-refractivity contribution is 0.171. The number of hydrogen-bond donors (Lipinski definition) is 0. The molecule has 9 nitrogen and oxygen atoms in total. The van der Waals surface area contributed by atoms with E-state index < -0.39 is 10.0 Å². The molecular weight excluding hydrogens is 360 g/mol. The van der Waals surface area contributed by atoms with Gasteiger partial charge in [-0.3, -0.25) is 4.68 Å². The van der Waals surface area contributed by atoms with Crippen LogP contribution in [0.1, 0.15) is 12.8 Å². The highest BCUT2D eigenvalue weighted by Crippen LogP contribution is 2.43. The zero-order valence-electron chi connectivity index (χ0n) is 14.4. The van der Waals surface area contributed by atoms with Gasteiger partial charge in [-0.25, -0.2) is 12.7 Å². The molecule has 1 aromatic carbocycles. The number of aryl methyl sites for hydroxylation is 1. The van der Waals surface area contributed by atoms with Crippen molar-refractivity contribution in [2.24, 2.45) is 0 Å². The molecule has 0 unspecified atom stereocenters. The average molecular weight is 380 g/mol. The Kier molecular flexibility index (Phi) is 4.45. The van der Waals surface area contributed by atoms with Crippen LogP contribution in [0.15, 0.2) is 18.3 Å². The number of benzene rings is 1. The summed E-state index contributed by atoms with van der Waals surface area (Å²) in [5.74, 6) is 1.73. The first-order chi connectivity index (χ1) is 12.6. The van der Waals surface area contributed by atoms with Crippen LogP contribution in [0.3, 0.4) is 0 Å². The minimum absolute atomic E-state index is 0.0141. The van der Waals surface area contributed by atoms with Crippen LogP contribution >= 0.6 is 0 Å². The molecule has 1 saturated heterocycles. The van der Waals surface area contributed by atoms with E-state index in [1.165, 1.54) is 0 Å². The predicted octanol–water partition coefficient (Wildman–Crippen LogP) is 1.11. The number of hydrogen-bond acceptors (Lipinski definition) is 7. The molecule has 0 radical (unpaired) electrons. The Hall–Kier alpha value is -2.33. The molecule has 4 rings (SSSR count). The number of sulfonamides is 1. The largest absolute Gasteiger partial charge is 0.493 e. The summed E-state index contributed by atoms with van der Waals surface area (Å²) in [6.45, 7) is 1.63. The number of fused-ring (bicyclic) bond motifs is 1. The normalized spacial score (nSPS) is 17.0. The highest BCUT2D eigenvalue weighted by atomic mass is 32.2. The van der Waals surface area contributed by atoms with E-state index in [2.05, 4.69) is 10.3 Å². The van der Waals surface area contributed by atoms with Crippen LogP contribution < -0.4 is 14.2 Å². The first-order valence-electron chi connectivity index (χ1n) is 8.43. The van der Waals surface area contributed by atoms with Crippen molar-refractivity contribution in [2.75, 3.05) is 32.7 Å². The second-order valence-corrected chi connectivity index (χ2v) is 8.29. The summed E-state index contributed by atoms with van der Waals surface area (Å²) < 4.78 is 43.8. The summed E-state index contributed by atoms with van der Waals surface area (Å²) in [7, 11) is -1.69. The molecule has 26 heavy (non-hydrogen) atoms. The van der Waals surface area contributed by atoms with Crippen LogP contribution in [0, 0.1) is 0 Å². The Morgan fingerprint density at radius 1 is 1.23 bits per heavy atom. The molecule has 0 spiro atoms. The third-order valence-electron chi connectivity index (χ3n) is 4.53. The van der Waals surface area contributed by atoms with Gasteiger partial charge in [0.2, 0.25) is 22.6 Å². The third kappa shape index (κ3) is 3.21. The van der Waals surface area contributed by atoms with Gasteiger partial charge in [0.25, 0.3) is 0 Å². The van der Waals surface area contributed by atoms with Crippen molar-refractivity contribution >= 4 is 10.0 Å². The first kappa shape index (κ1) is 17.1. The maximum atomic E-state index is 12.3. The van der Waals surface area contributed by atoms with E-state index in [0.29, 0.717) is 36.0 Å². The number of methoxy groups -OCH3 is 1. The summed E-state index contributed by atoms with van der Waals surface area (Å²) in [4.78, 5) is 0. The minimum atomic E-state index is -3.24. The summed E-state index contributed by atoms with van der Waals surface area (Å²) in [5.41, 5.74) is 1.37. The van der Waals surface area contributed by atoms with Gasteiger partial charge < -0.3 is 14.2 Å². The molecule has 1 aromatic heterocycles. The van der Waals surface area contributed by atoms with E-state index in [0.717, 1.165) is 18.4 Å². The molecule has 0 saturated carbocycles. The van der Waals surface area contributed by atoms with E-state index in [4.69, 9.17) is 14.2 Å². The fourth-order valence-electron chi connectivity index (χ4n) is 3.12. The molecule has 3 heterocycles. The summed E-state index contributed by atoms with van der Waals surface area (Å²) >= 11 is 0. The van der Waals surface area contributed by atoms with Gasteiger partial charge in [0, 0.05) is 18.7 Å². The zero-order chi connectivity index (χ0) is 18.1. The van der Waals surface area contributed by atoms with Crippen LogP contribution in [-0.4, -0.2) is 60.5 Å². The summed E-state index contributed by atoms with van der Waals surface area (Å²) in [6.07, 6.45) is 3.58. The standard InChI is InChI=1S/C16H20N4O5S/c1-23-14-8-12(9-15-16(14)25-11-24-15)13-10-19(18-17-13)6-7-26(21,22)20-4-2-3-5-20/h8-10H,2-7,11H2,1H3.